The summed E-state index contributed by atoms with van der Waals surface area (Å²) in [5.74, 6) is -0.771. The number of aliphatic carboxylic acids is 1. The number of carbonyl (C=O) groups excluding carboxylic acids is 1. The van der Waals surface area contributed by atoms with Crippen molar-refractivity contribution < 1.29 is 19.5 Å². The molecule has 1 aromatic rings. The quantitative estimate of drug-likeness (QED) is 0.911. The third kappa shape index (κ3) is 1.81. The third-order valence-corrected chi connectivity index (χ3v) is 5.78. The van der Waals surface area contributed by atoms with Gasteiger partial charge in [0.15, 0.2) is 0 Å². The molecule has 2 bridgehead atoms. The van der Waals surface area contributed by atoms with Gasteiger partial charge in [-0.05, 0) is 43.2 Å². The molecule has 5 heteroatoms. The smallest absolute Gasteiger partial charge is 0.309 e. The maximum Gasteiger partial charge on any atom is 0.309 e. The molecule has 0 atom stereocenters. The first kappa shape index (κ1) is 13.8. The number of rotatable bonds is 2. The molecule has 5 nitrogen and oxygen atoms in total. The standard InChI is InChI=1S/C17H19NO4/c19-14(16-5-7-17(11-16,8-6-16)15(20)21)18-9-12-3-1-2-4-13(12)10-22-18/h1-4H,5-11H2,(H,20,21). The van der Waals surface area contributed by atoms with E-state index in [2.05, 4.69) is 0 Å². The molecule has 0 aromatic heterocycles. The Bertz CT molecular complexity index is 646. The minimum absolute atomic E-state index is 0.0253. The Kier molecular flexibility index (Phi) is 2.85. The zero-order valence-corrected chi connectivity index (χ0v) is 12.4. The first-order valence-electron chi connectivity index (χ1n) is 7.80. The van der Waals surface area contributed by atoms with E-state index in [-0.39, 0.29) is 5.91 Å². The Morgan fingerprint density at radius 3 is 2.32 bits per heavy atom. The Balaban J connectivity index is 1.56. The van der Waals surface area contributed by atoms with Crippen LogP contribution in [0.5, 0.6) is 0 Å². The van der Waals surface area contributed by atoms with Crippen molar-refractivity contribution in [3.8, 4) is 0 Å². The lowest BCUT2D eigenvalue weighted by Crippen LogP contribution is -2.43. The molecule has 0 unspecified atom stereocenters. The first-order chi connectivity index (χ1) is 10.5. The van der Waals surface area contributed by atoms with Gasteiger partial charge in [0.1, 0.15) is 6.61 Å². The normalized spacial score (nSPS) is 32.8. The van der Waals surface area contributed by atoms with Gasteiger partial charge < -0.3 is 5.11 Å². The van der Waals surface area contributed by atoms with Crippen LogP contribution in [0.4, 0.5) is 0 Å². The zero-order valence-electron chi connectivity index (χ0n) is 12.4. The van der Waals surface area contributed by atoms with Crippen molar-refractivity contribution in [1.29, 1.82) is 0 Å². The van der Waals surface area contributed by atoms with E-state index >= 15 is 0 Å². The maximum absolute atomic E-state index is 13.0. The lowest BCUT2D eigenvalue weighted by molar-refractivity contribution is -0.210. The molecule has 4 rings (SSSR count). The van der Waals surface area contributed by atoms with E-state index in [9.17, 15) is 14.7 Å². The summed E-state index contributed by atoms with van der Waals surface area (Å²) >= 11 is 0. The highest BCUT2D eigenvalue weighted by atomic mass is 16.7. The van der Waals surface area contributed by atoms with Crippen LogP contribution in [0.1, 0.15) is 43.2 Å². The van der Waals surface area contributed by atoms with Crippen molar-refractivity contribution in [2.75, 3.05) is 0 Å². The number of hydroxylamine groups is 2. The summed E-state index contributed by atoms with van der Waals surface area (Å²) in [5.41, 5.74) is 1.02. The number of carboxylic acid groups (broad SMARTS) is 1. The molecule has 1 aromatic carbocycles. The van der Waals surface area contributed by atoms with Crippen molar-refractivity contribution in [2.45, 2.75) is 45.3 Å². The summed E-state index contributed by atoms with van der Waals surface area (Å²) in [6.07, 6.45) is 3.02. The molecule has 116 valence electrons. The molecule has 0 spiro atoms. The van der Waals surface area contributed by atoms with E-state index < -0.39 is 16.8 Å². The topological polar surface area (TPSA) is 66.8 Å². The number of nitrogens with zero attached hydrogens (tertiary/aromatic N) is 1. The lowest BCUT2D eigenvalue weighted by Gasteiger charge is -2.35. The summed E-state index contributed by atoms with van der Waals surface area (Å²) in [4.78, 5) is 30.1. The molecule has 2 saturated carbocycles. The summed E-state index contributed by atoms with van der Waals surface area (Å²) in [6, 6.07) is 7.95. The highest BCUT2D eigenvalue weighted by molar-refractivity contribution is 5.86. The Labute approximate surface area is 128 Å². The fraction of sp³-hybridized carbons (Fsp3) is 0.529. The van der Waals surface area contributed by atoms with Crippen molar-refractivity contribution in [1.82, 2.24) is 5.06 Å². The number of fused-ring (bicyclic) bond motifs is 3. The fourth-order valence-corrected chi connectivity index (χ4v) is 4.38. The van der Waals surface area contributed by atoms with Crippen LogP contribution in [0.25, 0.3) is 0 Å². The third-order valence-electron chi connectivity index (χ3n) is 5.78. The van der Waals surface area contributed by atoms with Gasteiger partial charge in [-0.25, -0.2) is 5.06 Å². The molecule has 3 aliphatic rings. The molecule has 22 heavy (non-hydrogen) atoms. The van der Waals surface area contributed by atoms with Crippen molar-refractivity contribution in [3.63, 3.8) is 0 Å². The Morgan fingerprint density at radius 1 is 1.05 bits per heavy atom. The average Bonchev–Trinajstić information content (AvgIpc) is 3.13. The monoisotopic (exact) mass is 301 g/mol. The van der Waals surface area contributed by atoms with E-state index in [0.29, 0.717) is 45.3 Å². The average molecular weight is 301 g/mol. The van der Waals surface area contributed by atoms with Crippen LogP contribution in [-0.4, -0.2) is 22.0 Å². The molecular formula is C17H19NO4. The summed E-state index contributed by atoms with van der Waals surface area (Å²) in [7, 11) is 0. The van der Waals surface area contributed by atoms with Gasteiger partial charge in [-0.2, -0.15) is 0 Å². The maximum atomic E-state index is 13.0. The van der Waals surface area contributed by atoms with Gasteiger partial charge in [-0.3, -0.25) is 14.4 Å². The predicted molar refractivity (Wildman–Crippen MR) is 77.4 cm³/mol. The van der Waals surface area contributed by atoms with Crippen LogP contribution in [0, 0.1) is 10.8 Å². The van der Waals surface area contributed by atoms with Crippen molar-refractivity contribution in [2.24, 2.45) is 10.8 Å². The van der Waals surface area contributed by atoms with E-state index in [4.69, 9.17) is 4.84 Å². The number of benzene rings is 1. The predicted octanol–water partition coefficient (Wildman–Crippen LogP) is 2.50. The first-order valence-corrected chi connectivity index (χ1v) is 7.80. The van der Waals surface area contributed by atoms with Gasteiger partial charge in [-0.15, -0.1) is 0 Å². The number of amides is 1. The second kappa shape index (κ2) is 4.56. The molecule has 1 aliphatic heterocycles. The van der Waals surface area contributed by atoms with Gasteiger partial charge in [0.05, 0.1) is 17.4 Å². The van der Waals surface area contributed by atoms with E-state index in [1.54, 1.807) is 0 Å². The van der Waals surface area contributed by atoms with Crippen LogP contribution < -0.4 is 0 Å². The summed E-state index contributed by atoms with van der Waals surface area (Å²) < 4.78 is 0. The largest absolute Gasteiger partial charge is 0.481 e. The van der Waals surface area contributed by atoms with Crippen LogP contribution >= 0.6 is 0 Å². The number of hydrogen-bond acceptors (Lipinski definition) is 3. The number of carboxylic acids is 1. The second-order valence-electron chi connectivity index (χ2n) is 6.93. The molecule has 0 saturated heterocycles. The highest BCUT2D eigenvalue weighted by Crippen LogP contribution is 2.62. The van der Waals surface area contributed by atoms with Crippen LogP contribution in [0.15, 0.2) is 24.3 Å². The Hall–Kier alpha value is -1.88. The molecule has 2 aliphatic carbocycles. The number of carbonyl (C=O) groups is 2. The van der Waals surface area contributed by atoms with Crippen LogP contribution in [0.3, 0.4) is 0 Å². The van der Waals surface area contributed by atoms with Gasteiger partial charge in [0.2, 0.25) is 0 Å². The van der Waals surface area contributed by atoms with Gasteiger partial charge >= 0.3 is 5.97 Å². The molecule has 1 N–H and O–H groups in total. The second-order valence-corrected chi connectivity index (χ2v) is 6.93. The molecule has 0 radical (unpaired) electrons. The molecule has 1 heterocycles. The molecule has 1 amide bonds. The van der Waals surface area contributed by atoms with E-state index in [1.807, 2.05) is 24.3 Å². The zero-order chi connectivity index (χ0) is 15.4. The van der Waals surface area contributed by atoms with Crippen LogP contribution in [-0.2, 0) is 27.6 Å². The van der Waals surface area contributed by atoms with E-state index in [0.717, 1.165) is 11.1 Å². The molecular weight excluding hydrogens is 282 g/mol. The molecule has 2 fully saturated rings. The van der Waals surface area contributed by atoms with Gasteiger partial charge in [-0.1, -0.05) is 24.3 Å². The number of hydrogen-bond donors (Lipinski definition) is 1. The fourth-order valence-electron chi connectivity index (χ4n) is 4.38. The van der Waals surface area contributed by atoms with E-state index in [1.165, 1.54) is 5.06 Å². The lowest BCUT2D eigenvalue weighted by atomic mass is 9.81. The SMILES string of the molecule is O=C(O)C12CCC(C(=O)N3Cc4ccccc4CO3)(CC1)C2. The van der Waals surface area contributed by atoms with Gasteiger partial charge in [0, 0.05) is 0 Å². The summed E-state index contributed by atoms with van der Waals surface area (Å²) in [5, 5.41) is 10.9. The highest BCUT2D eigenvalue weighted by Gasteiger charge is 2.62. The van der Waals surface area contributed by atoms with Gasteiger partial charge in [0.25, 0.3) is 5.91 Å². The minimum atomic E-state index is -0.746. The van der Waals surface area contributed by atoms with Crippen molar-refractivity contribution >= 4 is 11.9 Å². The van der Waals surface area contributed by atoms with Crippen molar-refractivity contribution in [3.05, 3.63) is 35.4 Å². The summed E-state index contributed by atoms with van der Waals surface area (Å²) in [6.45, 7) is 0.860. The van der Waals surface area contributed by atoms with Crippen LogP contribution in [0.2, 0.25) is 0 Å². The Morgan fingerprint density at radius 2 is 1.68 bits per heavy atom. The minimum Gasteiger partial charge on any atom is -0.481 e.